The van der Waals surface area contributed by atoms with Gasteiger partial charge in [-0.05, 0) is 49.2 Å². The minimum absolute atomic E-state index is 0.0380. The van der Waals surface area contributed by atoms with Crippen LogP contribution < -0.4 is 22.5 Å². The number of imidazole rings is 1. The summed E-state index contributed by atoms with van der Waals surface area (Å²) in [4.78, 5) is 88.3. The van der Waals surface area contributed by atoms with Crippen LogP contribution in [0.2, 0.25) is 0 Å². The number of halogens is 2. The molecule has 28 nitrogen and oxygen atoms in total. The van der Waals surface area contributed by atoms with E-state index in [0.717, 1.165) is 19.9 Å². The van der Waals surface area contributed by atoms with Crippen molar-refractivity contribution in [2.24, 2.45) is 0 Å². The van der Waals surface area contributed by atoms with Gasteiger partial charge in [-0.25, -0.2) is 33.7 Å². The smallest absolute Gasteiger partial charge is 0.455 e. The Balaban J connectivity index is 0.906. The zero-order valence-electron chi connectivity index (χ0n) is 42.0. The highest BCUT2D eigenvalue weighted by molar-refractivity contribution is 7.47. The molecular weight excluding hydrogens is 1090 g/mol. The van der Waals surface area contributed by atoms with Crippen molar-refractivity contribution in [2.45, 2.75) is 107 Å². The van der Waals surface area contributed by atoms with Gasteiger partial charge in [-0.15, -0.1) is 0 Å². The first-order valence-electron chi connectivity index (χ1n) is 24.7. The quantitative estimate of drug-likeness (QED) is 0.0331. The number of aromatic nitrogens is 7. The molecule has 9 N–H and O–H groups in total. The molecule has 5 aliphatic rings. The first-order chi connectivity index (χ1) is 37.5. The monoisotopic (exact) mass is 1140 g/mol. The normalized spacial score (nSPS) is 26.5. The van der Waals surface area contributed by atoms with Crippen molar-refractivity contribution in [1.82, 2.24) is 38.9 Å². The number of nitrogens with one attached hydrogen (secondary N) is 1. The molecule has 5 aliphatic heterocycles. The van der Waals surface area contributed by atoms with E-state index in [1.807, 2.05) is 0 Å². The van der Waals surface area contributed by atoms with Crippen LogP contribution >= 0.6 is 15.6 Å². The molecule has 1 aromatic carbocycles. The number of carbonyl (C=O) groups is 2. The fourth-order valence-corrected chi connectivity index (χ4v) is 11.6. The number of fused-ring (bicyclic) bond motifs is 3. The molecular formula is C46H54BF2N11O17P2. The molecule has 11 atom stereocenters. The van der Waals surface area contributed by atoms with Crippen molar-refractivity contribution in [3.8, 4) is 0 Å². The first kappa shape index (κ1) is 55.9. The van der Waals surface area contributed by atoms with Crippen LogP contribution in [0.5, 0.6) is 0 Å². The largest absolute Gasteiger partial charge is 0.737 e. The molecule has 79 heavy (non-hydrogen) atoms. The van der Waals surface area contributed by atoms with Crippen molar-refractivity contribution in [3.05, 3.63) is 112 Å². The van der Waals surface area contributed by atoms with E-state index in [-0.39, 0.29) is 60.1 Å². The molecule has 1 amide bonds. The maximum atomic E-state index is 16.2. The van der Waals surface area contributed by atoms with Crippen LogP contribution in [0, 0.1) is 13.8 Å². The van der Waals surface area contributed by atoms with Gasteiger partial charge in [0, 0.05) is 62.4 Å². The van der Waals surface area contributed by atoms with Crippen LogP contribution in [0.15, 0.2) is 84.0 Å². The van der Waals surface area contributed by atoms with E-state index >= 15 is 8.63 Å². The number of hydrogen-bond acceptors (Lipinski definition) is 20. The number of phosphoric ester groups is 2. The Morgan fingerprint density at radius 3 is 2.46 bits per heavy atom. The summed E-state index contributed by atoms with van der Waals surface area (Å²) in [5, 5.41) is 14.7. The number of phosphoric acid groups is 2. The number of carbonyl (C=O) groups excluding carboxylic acids is 2. The third-order valence-corrected chi connectivity index (χ3v) is 15.3. The van der Waals surface area contributed by atoms with Gasteiger partial charge in [-0.3, -0.25) is 27.5 Å². The number of benzene rings is 1. The Morgan fingerprint density at radius 2 is 1.72 bits per heavy atom. The van der Waals surface area contributed by atoms with E-state index in [9.17, 15) is 43.3 Å². The van der Waals surface area contributed by atoms with E-state index in [1.165, 1.54) is 29.2 Å². The minimum atomic E-state index is -5.51. The van der Waals surface area contributed by atoms with Crippen molar-refractivity contribution in [2.75, 3.05) is 31.3 Å². The maximum Gasteiger partial charge on any atom is 0.737 e. The van der Waals surface area contributed by atoms with E-state index < -0.39 is 115 Å². The summed E-state index contributed by atoms with van der Waals surface area (Å²) >= 11 is 0. The van der Waals surface area contributed by atoms with Crippen molar-refractivity contribution in [1.29, 1.82) is 0 Å². The zero-order chi connectivity index (χ0) is 56.1. The molecule has 0 bridgehead atoms. The van der Waals surface area contributed by atoms with Gasteiger partial charge < -0.3 is 77.9 Å². The van der Waals surface area contributed by atoms with Crippen LogP contribution in [0.25, 0.3) is 17.2 Å². The van der Waals surface area contributed by atoms with Crippen molar-refractivity contribution >= 4 is 69.1 Å². The number of nitrogens with two attached hydrogens (primary N) is 2. The van der Waals surface area contributed by atoms with Crippen LogP contribution in [0.4, 0.5) is 20.3 Å². The van der Waals surface area contributed by atoms with E-state index in [2.05, 4.69) is 25.3 Å². The van der Waals surface area contributed by atoms with Crippen molar-refractivity contribution in [3.63, 3.8) is 0 Å². The Bertz CT molecular complexity index is 3410. The van der Waals surface area contributed by atoms with Gasteiger partial charge in [-0.1, -0.05) is 30.3 Å². The molecule has 5 aromatic rings. The Kier molecular flexibility index (Phi) is 15.7. The lowest BCUT2D eigenvalue weighted by Gasteiger charge is -2.30. The maximum absolute atomic E-state index is 16.2. The highest BCUT2D eigenvalue weighted by Crippen LogP contribution is 2.51. The lowest BCUT2D eigenvalue weighted by atomic mass is 9.90. The topological polar surface area (TPSA) is 374 Å². The molecule has 3 saturated heterocycles. The second-order valence-corrected chi connectivity index (χ2v) is 21.8. The fraction of sp³-hybridized carbons (Fsp3) is 0.435. The van der Waals surface area contributed by atoms with E-state index in [1.54, 1.807) is 62.4 Å². The Labute approximate surface area is 446 Å². The molecule has 0 spiro atoms. The molecule has 33 heteroatoms. The molecule has 4 aromatic heterocycles. The average Bonchev–Trinajstić information content (AvgIpc) is 3.67. The summed E-state index contributed by atoms with van der Waals surface area (Å²) in [6, 6.07) is 9.89. The number of aryl methyl sites for hydroxylation is 2. The summed E-state index contributed by atoms with van der Waals surface area (Å²) in [5.41, 5.74) is 13.3. The highest BCUT2D eigenvalue weighted by atomic mass is 31.2. The van der Waals surface area contributed by atoms with Gasteiger partial charge in [0.1, 0.15) is 59.9 Å². The number of rotatable bonds is 20. The van der Waals surface area contributed by atoms with Crippen LogP contribution in [0.1, 0.15) is 60.7 Å². The summed E-state index contributed by atoms with van der Waals surface area (Å²) in [6.07, 6.45) is -6.04. The second-order valence-electron chi connectivity index (χ2n) is 19.2. The Hall–Kier alpha value is -6.44. The van der Waals surface area contributed by atoms with Crippen LogP contribution in [-0.4, -0.2) is 151 Å². The summed E-state index contributed by atoms with van der Waals surface area (Å²) < 4.78 is 108. The van der Waals surface area contributed by atoms with Gasteiger partial charge in [0.05, 0.1) is 19.5 Å². The number of nitrogens with zero attached hydrogens (tertiary/aromatic N) is 8. The number of esters is 1. The number of aliphatic hydroxyl groups excluding tert-OH is 1. The lowest BCUT2D eigenvalue weighted by Crippen LogP contribution is -2.50. The number of allylic oxidation sites excluding steroid dienone is 2. The Morgan fingerprint density at radius 1 is 0.975 bits per heavy atom. The minimum Gasteiger partial charge on any atom is -0.455 e. The fourth-order valence-electron chi connectivity index (χ4n) is 10.3. The molecule has 10 rings (SSSR count). The average molecular weight is 1140 g/mol. The summed E-state index contributed by atoms with van der Waals surface area (Å²) in [5.74, 6) is -2.05. The summed E-state index contributed by atoms with van der Waals surface area (Å²) in [6.45, 7) is -2.74. The van der Waals surface area contributed by atoms with Gasteiger partial charge in [0.2, 0.25) is 5.91 Å². The summed E-state index contributed by atoms with van der Waals surface area (Å²) in [7, 11) is -10.7. The SMILES string of the molecule is Cc1cc(C)n2c1C=C1C=CC(CCC(=O)N[C@@H](Cc3ccccc3)C(=O)O[C@H]3[C@@H](O)[C@H](n4cnc5c(N)ncnc54)O[C@@H]3COP(=O)(O)O[C@H]3[C@@H](OC4CCCO4)[C@H](n4ccc(N)nc4=O)O[C@@H]3COP(=O)(O)O)=[N+]1[B-]2(F)F. The van der Waals surface area contributed by atoms with Gasteiger partial charge in [0.25, 0.3) is 0 Å². The number of amides is 1. The standard InChI is InChI=1S/C46H54BF2N11O17P2/c1-24-17-25(2)59-30(24)19-28-11-10-27(60(28)47(59,48)49)12-13-34(61)55-29(18-26-7-4-3-5-8-26)45(63)76-38-31(73-43(37(38)62)58-23-54-36-41(51)52-22-53-42(36)58)21-72-79(68,69)77-39-32(20-71-78(65,66)67)74-44(40(39)75-35-9-6-16-70-35)57-15-14-33(50)56-46(57)64/h3-5,7-8,10-11,14-15,17,19,22-23,29,31-32,35,37-40,43-44,62H,6,9,12-13,16,18,20-21H2,1-2H3,(H,55,61)(H,68,69)(H2,50,56,64)(H2,51,52,53)(H2,65,66,67)/t29-,31+,32+,35?,37+,38+,39+,40+,43+,44+/m0/s1. The van der Waals surface area contributed by atoms with Crippen molar-refractivity contribution < 1.29 is 88.9 Å². The second kappa shape index (κ2) is 22.2. The number of ether oxygens (including phenoxy) is 5. The number of aliphatic hydroxyl groups is 1. The lowest BCUT2D eigenvalue weighted by molar-refractivity contribution is -0.362. The predicted octanol–water partition coefficient (Wildman–Crippen LogP) is 1.68. The highest BCUT2D eigenvalue weighted by Gasteiger charge is 2.55. The van der Waals surface area contributed by atoms with Crippen LogP contribution in [0.3, 0.4) is 0 Å². The van der Waals surface area contributed by atoms with E-state index in [4.69, 9.17) is 48.7 Å². The molecule has 0 saturated carbocycles. The van der Waals surface area contributed by atoms with Gasteiger partial charge in [0.15, 0.2) is 42.0 Å². The molecule has 3 fully saturated rings. The predicted molar refractivity (Wildman–Crippen MR) is 270 cm³/mol. The number of hydrogen-bond donors (Lipinski definition) is 7. The number of nitrogen functional groups attached to an aromatic ring is 2. The van der Waals surface area contributed by atoms with E-state index in [0.29, 0.717) is 35.4 Å². The van der Waals surface area contributed by atoms with Gasteiger partial charge >= 0.3 is 34.3 Å². The molecule has 0 aliphatic carbocycles. The molecule has 2 unspecified atom stereocenters. The zero-order valence-corrected chi connectivity index (χ0v) is 43.8. The molecule has 0 radical (unpaired) electrons. The third kappa shape index (κ3) is 11.8. The first-order valence-corrected chi connectivity index (χ1v) is 27.8. The molecule has 9 heterocycles. The van der Waals surface area contributed by atoms with Gasteiger partial charge in [-0.2, -0.15) is 4.98 Å². The van der Waals surface area contributed by atoms with Crippen LogP contribution in [-0.2, 0) is 62.4 Å². The third-order valence-electron chi connectivity index (χ3n) is 13.8. The number of anilines is 2. The molecule has 422 valence electrons.